The van der Waals surface area contributed by atoms with Crippen LogP contribution in [0.2, 0.25) is 0 Å². The van der Waals surface area contributed by atoms with Crippen LogP contribution in [0.5, 0.6) is 11.5 Å². The van der Waals surface area contributed by atoms with Gasteiger partial charge >= 0.3 is 5.91 Å². The highest BCUT2D eigenvalue weighted by Gasteiger charge is 2.14. The van der Waals surface area contributed by atoms with E-state index in [1.54, 1.807) is 25.1 Å². The third kappa shape index (κ3) is 3.75. The van der Waals surface area contributed by atoms with Crippen molar-refractivity contribution in [3.8, 4) is 11.5 Å². The molecule has 0 spiro atoms. The molecule has 1 aromatic heterocycles. The highest BCUT2D eigenvalue weighted by atomic mass is 16.5. The molecule has 2 aromatic rings. The molecule has 0 radical (unpaired) electrons. The van der Waals surface area contributed by atoms with Gasteiger partial charge in [0.25, 0.3) is 5.89 Å². The van der Waals surface area contributed by atoms with Crippen molar-refractivity contribution in [2.24, 2.45) is 0 Å². The van der Waals surface area contributed by atoms with Gasteiger partial charge < -0.3 is 19.2 Å². The highest BCUT2D eigenvalue weighted by molar-refractivity contribution is 6.01. The van der Waals surface area contributed by atoms with Gasteiger partial charge in [-0.1, -0.05) is 0 Å². The van der Waals surface area contributed by atoms with E-state index in [4.69, 9.17) is 13.9 Å². The third-order valence-corrected chi connectivity index (χ3v) is 2.62. The Balaban J connectivity index is 2.16. The fraction of sp³-hybridized carbons (Fsp3) is 0.333. The molecule has 0 aliphatic heterocycles. The van der Waals surface area contributed by atoms with Crippen LogP contribution in [0.3, 0.4) is 0 Å². The lowest BCUT2D eigenvalue weighted by atomic mass is 10.2. The summed E-state index contributed by atoms with van der Waals surface area (Å²) in [5, 5.41) is 2.71. The number of nitrogens with zero attached hydrogens (tertiary/aromatic N) is 1. The van der Waals surface area contributed by atoms with Crippen LogP contribution in [0.15, 0.2) is 28.8 Å². The van der Waals surface area contributed by atoms with Crippen molar-refractivity contribution >= 4 is 11.6 Å². The first-order valence-corrected chi connectivity index (χ1v) is 6.77. The lowest BCUT2D eigenvalue weighted by Gasteiger charge is -2.12. The number of carbonyl (C=O) groups is 1. The van der Waals surface area contributed by atoms with E-state index < -0.39 is 5.91 Å². The fourth-order valence-corrected chi connectivity index (χ4v) is 1.77. The van der Waals surface area contributed by atoms with E-state index in [9.17, 15) is 4.79 Å². The van der Waals surface area contributed by atoms with Crippen LogP contribution in [0.25, 0.3) is 0 Å². The van der Waals surface area contributed by atoms with Gasteiger partial charge in [0.1, 0.15) is 5.76 Å². The summed E-state index contributed by atoms with van der Waals surface area (Å²) >= 11 is 0. The first-order valence-electron chi connectivity index (χ1n) is 6.77. The summed E-state index contributed by atoms with van der Waals surface area (Å²) in [6.45, 7) is 6.57. The maximum absolute atomic E-state index is 12.0. The predicted octanol–water partition coefficient (Wildman–Crippen LogP) is 3.03. The largest absolute Gasteiger partial charge is 0.490 e. The van der Waals surface area contributed by atoms with Crippen molar-refractivity contribution in [2.45, 2.75) is 20.8 Å². The van der Waals surface area contributed by atoms with E-state index in [2.05, 4.69) is 10.3 Å². The van der Waals surface area contributed by atoms with Gasteiger partial charge in [0.05, 0.1) is 19.4 Å². The molecule has 0 aliphatic rings. The molecule has 0 saturated carbocycles. The predicted molar refractivity (Wildman–Crippen MR) is 78.0 cm³/mol. The van der Waals surface area contributed by atoms with Gasteiger partial charge in [-0.3, -0.25) is 4.79 Å². The minimum atomic E-state index is -0.408. The number of hydrogen-bond acceptors (Lipinski definition) is 5. The van der Waals surface area contributed by atoms with Crippen LogP contribution >= 0.6 is 0 Å². The first kappa shape index (κ1) is 14.9. The Kier molecular flexibility index (Phi) is 4.81. The highest BCUT2D eigenvalue weighted by Crippen LogP contribution is 2.30. The van der Waals surface area contributed by atoms with Gasteiger partial charge in [0, 0.05) is 11.8 Å². The number of carbonyl (C=O) groups excluding carboxylic acids is 1. The van der Waals surface area contributed by atoms with Gasteiger partial charge in [-0.15, -0.1) is 0 Å². The molecule has 1 heterocycles. The van der Waals surface area contributed by atoms with Crippen LogP contribution < -0.4 is 14.8 Å². The SMILES string of the molecule is CCOc1ccc(NC(=O)c2ncc(C)o2)cc1OCC. The first-order chi connectivity index (χ1) is 10.1. The molecule has 0 aliphatic carbocycles. The van der Waals surface area contributed by atoms with Crippen LogP contribution in [-0.4, -0.2) is 24.1 Å². The van der Waals surface area contributed by atoms with Gasteiger partial charge in [0.15, 0.2) is 11.5 Å². The average molecular weight is 290 g/mol. The summed E-state index contributed by atoms with van der Waals surface area (Å²) in [6, 6.07) is 5.20. The fourth-order valence-electron chi connectivity index (χ4n) is 1.77. The number of oxazole rings is 1. The lowest BCUT2D eigenvalue weighted by Crippen LogP contribution is -2.12. The van der Waals surface area contributed by atoms with Crippen molar-refractivity contribution in [2.75, 3.05) is 18.5 Å². The van der Waals surface area contributed by atoms with Crippen molar-refractivity contribution in [3.05, 3.63) is 36.0 Å². The maximum Gasteiger partial charge on any atom is 0.311 e. The van der Waals surface area contributed by atoms with E-state index in [0.717, 1.165) is 0 Å². The van der Waals surface area contributed by atoms with Crippen LogP contribution in [0, 0.1) is 6.92 Å². The average Bonchev–Trinajstić information content (AvgIpc) is 2.89. The minimum absolute atomic E-state index is 0.0272. The standard InChI is InChI=1S/C15H18N2O4/c1-4-19-12-7-6-11(8-13(12)20-5-2)17-14(18)15-16-9-10(3)21-15/h6-9H,4-5H2,1-3H3,(H,17,18). The Bertz CT molecular complexity index is 622. The number of ether oxygens (including phenoxy) is 2. The molecule has 6 nitrogen and oxygen atoms in total. The number of benzene rings is 1. The van der Waals surface area contributed by atoms with Gasteiger partial charge in [-0.25, -0.2) is 4.98 Å². The quantitative estimate of drug-likeness (QED) is 0.885. The molecule has 1 amide bonds. The van der Waals surface area contributed by atoms with Crippen molar-refractivity contribution < 1.29 is 18.7 Å². The second-order valence-electron chi connectivity index (χ2n) is 4.26. The molecule has 1 N–H and O–H groups in total. The third-order valence-electron chi connectivity index (χ3n) is 2.62. The molecular weight excluding hydrogens is 272 g/mol. The van der Waals surface area contributed by atoms with E-state index >= 15 is 0 Å². The van der Waals surface area contributed by atoms with Crippen molar-refractivity contribution in [3.63, 3.8) is 0 Å². The molecule has 0 atom stereocenters. The smallest absolute Gasteiger partial charge is 0.311 e. The Morgan fingerprint density at radius 1 is 1.24 bits per heavy atom. The number of aryl methyl sites for hydroxylation is 1. The Hall–Kier alpha value is -2.50. The van der Waals surface area contributed by atoms with Crippen molar-refractivity contribution in [1.82, 2.24) is 4.98 Å². The van der Waals surface area contributed by atoms with Gasteiger partial charge in [-0.2, -0.15) is 0 Å². The number of anilines is 1. The number of amides is 1. The second kappa shape index (κ2) is 6.78. The number of hydrogen-bond donors (Lipinski definition) is 1. The van der Waals surface area contributed by atoms with Crippen LogP contribution in [-0.2, 0) is 0 Å². The summed E-state index contributed by atoms with van der Waals surface area (Å²) in [7, 11) is 0. The zero-order valence-corrected chi connectivity index (χ0v) is 12.3. The summed E-state index contributed by atoms with van der Waals surface area (Å²) in [5.74, 6) is 1.43. The molecule has 0 unspecified atom stereocenters. The van der Waals surface area contributed by atoms with E-state index in [-0.39, 0.29) is 5.89 Å². The molecule has 0 saturated heterocycles. The van der Waals surface area contributed by atoms with Gasteiger partial charge in [-0.05, 0) is 32.9 Å². The molecule has 6 heteroatoms. The molecule has 0 bridgehead atoms. The van der Waals surface area contributed by atoms with Gasteiger partial charge in [0.2, 0.25) is 0 Å². The number of rotatable bonds is 6. The minimum Gasteiger partial charge on any atom is -0.490 e. The zero-order valence-electron chi connectivity index (χ0n) is 12.3. The van der Waals surface area contributed by atoms with Crippen LogP contribution in [0.4, 0.5) is 5.69 Å². The number of aromatic nitrogens is 1. The summed E-state index contributed by atoms with van der Waals surface area (Å²) in [4.78, 5) is 15.9. The Morgan fingerprint density at radius 3 is 2.57 bits per heavy atom. The summed E-state index contributed by atoms with van der Waals surface area (Å²) in [5.41, 5.74) is 0.586. The molecule has 21 heavy (non-hydrogen) atoms. The van der Waals surface area contributed by atoms with Crippen LogP contribution in [0.1, 0.15) is 30.3 Å². The Labute approximate surface area is 123 Å². The Morgan fingerprint density at radius 2 is 1.95 bits per heavy atom. The van der Waals surface area contributed by atoms with E-state index in [1.165, 1.54) is 6.20 Å². The monoisotopic (exact) mass is 290 g/mol. The molecular formula is C15H18N2O4. The van der Waals surface area contributed by atoms with E-state index in [0.29, 0.717) is 36.2 Å². The van der Waals surface area contributed by atoms with E-state index in [1.807, 2.05) is 13.8 Å². The second-order valence-corrected chi connectivity index (χ2v) is 4.26. The molecule has 112 valence electrons. The molecule has 1 aromatic carbocycles. The summed E-state index contributed by atoms with van der Waals surface area (Å²) in [6.07, 6.45) is 1.50. The lowest BCUT2D eigenvalue weighted by molar-refractivity contribution is 0.0989. The maximum atomic E-state index is 12.0. The molecule has 2 rings (SSSR count). The topological polar surface area (TPSA) is 73.6 Å². The zero-order chi connectivity index (χ0) is 15.2. The number of nitrogens with one attached hydrogen (secondary N) is 1. The summed E-state index contributed by atoms with van der Waals surface area (Å²) < 4.78 is 16.2. The normalized spacial score (nSPS) is 10.2. The van der Waals surface area contributed by atoms with Crippen molar-refractivity contribution in [1.29, 1.82) is 0 Å². The molecule has 0 fully saturated rings.